The second-order valence-electron chi connectivity index (χ2n) is 6.28. The van der Waals surface area contributed by atoms with E-state index in [2.05, 4.69) is 13.8 Å². The van der Waals surface area contributed by atoms with E-state index in [1.807, 2.05) is 11.9 Å². The summed E-state index contributed by atoms with van der Waals surface area (Å²) < 4.78 is 0. The van der Waals surface area contributed by atoms with Crippen molar-refractivity contribution in [3.8, 4) is 0 Å². The zero-order chi connectivity index (χ0) is 13.5. The quantitative estimate of drug-likeness (QED) is 0.792. The third kappa shape index (κ3) is 4.97. The molecule has 0 radical (unpaired) electrons. The maximum absolute atomic E-state index is 12.3. The Morgan fingerprint density at radius 1 is 1.28 bits per heavy atom. The monoisotopic (exact) mass is 254 g/mol. The molecular weight excluding hydrogens is 224 g/mol. The van der Waals surface area contributed by atoms with Gasteiger partial charge in [0.25, 0.3) is 0 Å². The summed E-state index contributed by atoms with van der Waals surface area (Å²) >= 11 is 0. The third-order valence-electron chi connectivity index (χ3n) is 4.02. The molecule has 0 spiro atoms. The molecule has 0 aromatic carbocycles. The number of amides is 1. The molecule has 0 aromatic rings. The minimum absolute atomic E-state index is 0.0126. The molecule has 0 heterocycles. The average molecular weight is 254 g/mol. The maximum Gasteiger partial charge on any atom is 0.226 e. The van der Waals surface area contributed by atoms with E-state index in [1.165, 1.54) is 32.1 Å². The van der Waals surface area contributed by atoms with E-state index in [4.69, 9.17) is 5.73 Å². The Hall–Kier alpha value is -0.570. The summed E-state index contributed by atoms with van der Waals surface area (Å²) in [7, 11) is 1.94. The van der Waals surface area contributed by atoms with Gasteiger partial charge in [0.05, 0.1) is 5.92 Å². The highest BCUT2D eigenvalue weighted by Crippen LogP contribution is 2.24. The molecule has 1 saturated carbocycles. The molecule has 3 nitrogen and oxygen atoms in total. The highest BCUT2D eigenvalue weighted by atomic mass is 16.2. The molecule has 18 heavy (non-hydrogen) atoms. The lowest BCUT2D eigenvalue weighted by Crippen LogP contribution is -2.40. The lowest BCUT2D eigenvalue weighted by Gasteiger charge is -2.29. The minimum atomic E-state index is 0.0126. The largest absolute Gasteiger partial charge is 0.345 e. The second kappa shape index (κ2) is 7.78. The summed E-state index contributed by atoms with van der Waals surface area (Å²) in [5.74, 6) is 1.51. The van der Waals surface area contributed by atoms with Crippen LogP contribution in [0.1, 0.15) is 52.4 Å². The van der Waals surface area contributed by atoms with Crippen LogP contribution in [0.5, 0.6) is 0 Å². The Bertz CT molecular complexity index is 247. The summed E-state index contributed by atoms with van der Waals surface area (Å²) in [6.45, 7) is 5.70. The van der Waals surface area contributed by atoms with E-state index < -0.39 is 0 Å². The number of carbonyl (C=O) groups is 1. The van der Waals surface area contributed by atoms with Gasteiger partial charge < -0.3 is 10.6 Å². The van der Waals surface area contributed by atoms with Crippen LogP contribution in [0.15, 0.2) is 0 Å². The second-order valence-corrected chi connectivity index (χ2v) is 6.28. The standard InChI is InChI=1S/C15H30N2O/c1-12(2)9-14(10-16)15(18)17(3)11-13-7-5-4-6-8-13/h12-14H,4-11,16H2,1-3H3. The van der Waals surface area contributed by atoms with Gasteiger partial charge in [0, 0.05) is 20.1 Å². The highest BCUT2D eigenvalue weighted by molar-refractivity contribution is 5.78. The van der Waals surface area contributed by atoms with Crippen molar-refractivity contribution in [2.75, 3.05) is 20.1 Å². The van der Waals surface area contributed by atoms with Gasteiger partial charge in [-0.15, -0.1) is 0 Å². The average Bonchev–Trinajstić information content (AvgIpc) is 2.36. The molecular formula is C15H30N2O. The van der Waals surface area contributed by atoms with Gasteiger partial charge in [-0.1, -0.05) is 33.1 Å². The van der Waals surface area contributed by atoms with Crippen LogP contribution in [0.25, 0.3) is 0 Å². The Labute approximate surface area is 112 Å². The summed E-state index contributed by atoms with van der Waals surface area (Å²) in [5, 5.41) is 0. The normalized spacial score (nSPS) is 18.9. The van der Waals surface area contributed by atoms with Crippen molar-refractivity contribution in [3.05, 3.63) is 0 Å². The van der Waals surface area contributed by atoms with Crippen molar-refractivity contribution < 1.29 is 4.79 Å². The van der Waals surface area contributed by atoms with E-state index in [0.29, 0.717) is 18.4 Å². The molecule has 0 saturated heterocycles. The van der Waals surface area contributed by atoms with Crippen LogP contribution < -0.4 is 5.73 Å². The first-order valence-corrected chi connectivity index (χ1v) is 7.49. The van der Waals surface area contributed by atoms with Gasteiger partial charge in [-0.2, -0.15) is 0 Å². The van der Waals surface area contributed by atoms with Gasteiger partial charge in [-0.3, -0.25) is 4.79 Å². The molecule has 1 atom stereocenters. The van der Waals surface area contributed by atoms with Gasteiger partial charge in [-0.25, -0.2) is 0 Å². The van der Waals surface area contributed by atoms with Crippen LogP contribution in [-0.2, 0) is 4.79 Å². The van der Waals surface area contributed by atoms with E-state index in [1.54, 1.807) is 0 Å². The van der Waals surface area contributed by atoms with Crippen molar-refractivity contribution in [3.63, 3.8) is 0 Å². The van der Waals surface area contributed by atoms with Crippen LogP contribution in [-0.4, -0.2) is 30.9 Å². The van der Waals surface area contributed by atoms with Crippen LogP contribution in [0.2, 0.25) is 0 Å². The molecule has 2 N–H and O–H groups in total. The van der Waals surface area contributed by atoms with Gasteiger partial charge in [0.2, 0.25) is 5.91 Å². The molecule has 1 aliphatic rings. The number of carbonyl (C=O) groups excluding carboxylic acids is 1. The predicted molar refractivity (Wildman–Crippen MR) is 76.2 cm³/mol. The zero-order valence-corrected chi connectivity index (χ0v) is 12.3. The first-order chi connectivity index (χ1) is 8.54. The summed E-state index contributed by atoms with van der Waals surface area (Å²) in [4.78, 5) is 14.3. The Morgan fingerprint density at radius 3 is 2.39 bits per heavy atom. The summed E-state index contributed by atoms with van der Waals surface area (Å²) in [5.41, 5.74) is 5.75. The fourth-order valence-corrected chi connectivity index (χ4v) is 3.03. The maximum atomic E-state index is 12.3. The molecule has 1 aliphatic carbocycles. The minimum Gasteiger partial charge on any atom is -0.345 e. The molecule has 0 aliphatic heterocycles. The molecule has 1 fully saturated rings. The van der Waals surface area contributed by atoms with E-state index in [9.17, 15) is 4.79 Å². The van der Waals surface area contributed by atoms with Crippen LogP contribution in [0, 0.1) is 17.8 Å². The molecule has 3 heteroatoms. The lowest BCUT2D eigenvalue weighted by molar-refractivity contribution is -0.135. The molecule has 1 rings (SSSR count). The molecule has 106 valence electrons. The number of rotatable bonds is 6. The molecule has 0 aromatic heterocycles. The number of hydrogen-bond donors (Lipinski definition) is 1. The van der Waals surface area contributed by atoms with Crippen LogP contribution in [0.4, 0.5) is 0 Å². The van der Waals surface area contributed by atoms with Crippen molar-refractivity contribution in [2.45, 2.75) is 52.4 Å². The highest BCUT2D eigenvalue weighted by Gasteiger charge is 2.24. The van der Waals surface area contributed by atoms with Crippen LogP contribution >= 0.6 is 0 Å². The lowest BCUT2D eigenvalue weighted by atomic mass is 9.88. The smallest absolute Gasteiger partial charge is 0.226 e. The first kappa shape index (κ1) is 15.5. The van der Waals surface area contributed by atoms with Gasteiger partial charge in [0.15, 0.2) is 0 Å². The van der Waals surface area contributed by atoms with Gasteiger partial charge in [0.1, 0.15) is 0 Å². The van der Waals surface area contributed by atoms with E-state index >= 15 is 0 Å². The molecule has 0 bridgehead atoms. The number of nitrogens with two attached hydrogens (primary N) is 1. The van der Waals surface area contributed by atoms with Gasteiger partial charge in [-0.05, 0) is 31.1 Å². The number of nitrogens with zero attached hydrogens (tertiary/aromatic N) is 1. The Morgan fingerprint density at radius 2 is 1.89 bits per heavy atom. The van der Waals surface area contributed by atoms with Crippen molar-refractivity contribution in [1.82, 2.24) is 4.90 Å². The first-order valence-electron chi connectivity index (χ1n) is 7.49. The van der Waals surface area contributed by atoms with E-state index in [0.717, 1.165) is 13.0 Å². The van der Waals surface area contributed by atoms with Gasteiger partial charge >= 0.3 is 0 Å². The molecule has 1 amide bonds. The van der Waals surface area contributed by atoms with Crippen LogP contribution in [0.3, 0.4) is 0 Å². The Balaban J connectivity index is 2.42. The number of hydrogen-bond acceptors (Lipinski definition) is 2. The zero-order valence-electron chi connectivity index (χ0n) is 12.3. The SMILES string of the molecule is CC(C)CC(CN)C(=O)N(C)CC1CCCCC1. The third-order valence-corrected chi connectivity index (χ3v) is 4.02. The topological polar surface area (TPSA) is 46.3 Å². The fraction of sp³-hybridized carbons (Fsp3) is 0.933. The van der Waals surface area contributed by atoms with Crippen molar-refractivity contribution in [1.29, 1.82) is 0 Å². The van der Waals surface area contributed by atoms with Crippen molar-refractivity contribution in [2.24, 2.45) is 23.5 Å². The van der Waals surface area contributed by atoms with E-state index in [-0.39, 0.29) is 11.8 Å². The summed E-state index contributed by atoms with van der Waals surface area (Å²) in [6, 6.07) is 0. The fourth-order valence-electron chi connectivity index (χ4n) is 3.03. The summed E-state index contributed by atoms with van der Waals surface area (Å²) in [6.07, 6.45) is 7.51. The Kier molecular flexibility index (Phi) is 6.69. The van der Waals surface area contributed by atoms with Crippen molar-refractivity contribution >= 4 is 5.91 Å². The molecule has 1 unspecified atom stereocenters. The predicted octanol–water partition coefficient (Wildman–Crippen LogP) is 2.65.